The quantitative estimate of drug-likeness (QED) is 0.919. The first-order chi connectivity index (χ1) is 11.7. The highest BCUT2D eigenvalue weighted by atomic mass is 19.1. The molecule has 124 valence electrons. The van der Waals surface area contributed by atoms with Gasteiger partial charge in [-0.15, -0.1) is 0 Å². The second-order valence-electron chi connectivity index (χ2n) is 6.62. The number of para-hydroxylation sites is 1. The minimum absolute atomic E-state index is 0.241. The molecule has 1 N–H and O–H groups in total. The van der Waals surface area contributed by atoms with E-state index < -0.39 is 0 Å². The summed E-state index contributed by atoms with van der Waals surface area (Å²) in [6.07, 6.45) is 5.47. The van der Waals surface area contributed by atoms with Crippen molar-refractivity contribution < 1.29 is 9.18 Å². The third-order valence-electron chi connectivity index (χ3n) is 5.04. The number of carbonyl (C=O) groups excluding carboxylic acids is 1. The smallest absolute Gasteiger partial charge is 0.255 e. The molecule has 1 heterocycles. The Morgan fingerprint density at radius 1 is 1.00 bits per heavy atom. The molecule has 1 amide bonds. The SMILES string of the molecule is O=C(Nc1c(F)cccc1N1CCCC1)c1ccc2c(c1)CCC2. The van der Waals surface area contributed by atoms with E-state index in [0.717, 1.165) is 50.9 Å². The first kappa shape index (κ1) is 15.2. The van der Waals surface area contributed by atoms with Crippen molar-refractivity contribution in [1.29, 1.82) is 0 Å². The topological polar surface area (TPSA) is 32.3 Å². The number of carbonyl (C=O) groups is 1. The first-order valence-corrected chi connectivity index (χ1v) is 8.69. The molecule has 2 aliphatic rings. The van der Waals surface area contributed by atoms with Crippen LogP contribution in [-0.2, 0) is 12.8 Å². The number of hydrogen-bond donors (Lipinski definition) is 1. The zero-order valence-corrected chi connectivity index (χ0v) is 13.6. The van der Waals surface area contributed by atoms with E-state index >= 15 is 0 Å². The molecule has 4 rings (SSSR count). The molecule has 2 aromatic rings. The number of fused-ring (bicyclic) bond motifs is 1. The summed E-state index contributed by atoms with van der Waals surface area (Å²) in [5.41, 5.74) is 4.25. The van der Waals surface area contributed by atoms with Gasteiger partial charge < -0.3 is 10.2 Å². The van der Waals surface area contributed by atoms with Crippen molar-refractivity contribution >= 4 is 17.3 Å². The van der Waals surface area contributed by atoms with Crippen molar-refractivity contribution in [2.24, 2.45) is 0 Å². The van der Waals surface area contributed by atoms with E-state index in [4.69, 9.17) is 0 Å². The number of halogens is 1. The number of rotatable bonds is 3. The second kappa shape index (κ2) is 6.27. The van der Waals surface area contributed by atoms with Crippen molar-refractivity contribution in [2.75, 3.05) is 23.3 Å². The van der Waals surface area contributed by atoms with Crippen molar-refractivity contribution in [2.45, 2.75) is 32.1 Å². The number of nitrogens with zero attached hydrogens (tertiary/aromatic N) is 1. The van der Waals surface area contributed by atoms with Gasteiger partial charge in [-0.1, -0.05) is 12.1 Å². The van der Waals surface area contributed by atoms with Gasteiger partial charge in [0.1, 0.15) is 11.5 Å². The molecule has 0 aromatic heterocycles. The number of benzene rings is 2. The van der Waals surface area contributed by atoms with E-state index in [1.54, 1.807) is 6.07 Å². The van der Waals surface area contributed by atoms with Crippen molar-refractivity contribution in [1.82, 2.24) is 0 Å². The van der Waals surface area contributed by atoms with Crippen LogP contribution in [0, 0.1) is 5.82 Å². The van der Waals surface area contributed by atoms with Gasteiger partial charge in [0, 0.05) is 18.7 Å². The zero-order valence-electron chi connectivity index (χ0n) is 13.6. The highest BCUT2D eigenvalue weighted by molar-refractivity contribution is 6.06. The lowest BCUT2D eigenvalue weighted by atomic mass is 10.1. The Bertz CT molecular complexity index is 781. The van der Waals surface area contributed by atoms with Crippen LogP contribution in [0.25, 0.3) is 0 Å². The van der Waals surface area contributed by atoms with Crippen molar-refractivity contribution in [3.05, 3.63) is 58.9 Å². The van der Waals surface area contributed by atoms with E-state index in [9.17, 15) is 9.18 Å². The van der Waals surface area contributed by atoms with E-state index in [-0.39, 0.29) is 11.7 Å². The van der Waals surface area contributed by atoms with Gasteiger partial charge in [-0.3, -0.25) is 4.79 Å². The lowest BCUT2D eigenvalue weighted by molar-refractivity contribution is 0.102. The Kier molecular flexibility index (Phi) is 3.97. The van der Waals surface area contributed by atoms with Crippen molar-refractivity contribution in [3.63, 3.8) is 0 Å². The molecule has 2 aromatic carbocycles. The average molecular weight is 324 g/mol. The van der Waals surface area contributed by atoms with Crippen molar-refractivity contribution in [3.8, 4) is 0 Å². The lowest BCUT2D eigenvalue weighted by Crippen LogP contribution is -2.22. The van der Waals surface area contributed by atoms with E-state index in [1.165, 1.54) is 17.2 Å². The summed E-state index contributed by atoms with van der Waals surface area (Å²) in [4.78, 5) is 14.8. The molecule has 0 bridgehead atoms. The summed E-state index contributed by atoms with van der Waals surface area (Å²) in [6.45, 7) is 1.82. The highest BCUT2D eigenvalue weighted by Gasteiger charge is 2.21. The fourth-order valence-electron chi connectivity index (χ4n) is 3.76. The molecular weight excluding hydrogens is 303 g/mol. The van der Waals surface area contributed by atoms with Crippen LogP contribution in [0.2, 0.25) is 0 Å². The second-order valence-corrected chi connectivity index (χ2v) is 6.62. The molecule has 24 heavy (non-hydrogen) atoms. The molecule has 1 aliphatic heterocycles. The van der Waals surface area contributed by atoms with Gasteiger partial charge in [0.05, 0.1) is 5.69 Å². The Hall–Kier alpha value is -2.36. The number of amides is 1. The molecule has 1 saturated heterocycles. The van der Waals surface area contributed by atoms with Gasteiger partial charge in [-0.2, -0.15) is 0 Å². The van der Waals surface area contributed by atoms with Gasteiger partial charge in [0.25, 0.3) is 5.91 Å². The fourth-order valence-corrected chi connectivity index (χ4v) is 3.76. The van der Waals surface area contributed by atoms with Gasteiger partial charge in [-0.25, -0.2) is 4.39 Å². The molecule has 0 unspecified atom stereocenters. The molecule has 1 fully saturated rings. The van der Waals surface area contributed by atoms with E-state index in [2.05, 4.69) is 10.2 Å². The minimum Gasteiger partial charge on any atom is -0.370 e. The molecule has 0 atom stereocenters. The zero-order chi connectivity index (χ0) is 16.5. The van der Waals surface area contributed by atoms with Gasteiger partial charge >= 0.3 is 0 Å². The fraction of sp³-hybridized carbons (Fsp3) is 0.350. The van der Waals surface area contributed by atoms with Crippen LogP contribution in [0.5, 0.6) is 0 Å². The van der Waals surface area contributed by atoms with Gasteiger partial charge in [-0.05, 0) is 67.5 Å². The van der Waals surface area contributed by atoms with Crippen LogP contribution in [0.1, 0.15) is 40.7 Å². The van der Waals surface area contributed by atoms with Crippen LogP contribution in [0.4, 0.5) is 15.8 Å². The molecule has 1 aliphatic carbocycles. The predicted molar refractivity (Wildman–Crippen MR) is 94.3 cm³/mol. The monoisotopic (exact) mass is 324 g/mol. The molecule has 0 spiro atoms. The molecule has 3 nitrogen and oxygen atoms in total. The number of anilines is 2. The average Bonchev–Trinajstić information content (AvgIpc) is 3.27. The minimum atomic E-state index is -0.381. The Morgan fingerprint density at radius 3 is 2.62 bits per heavy atom. The summed E-state index contributed by atoms with van der Waals surface area (Å²) in [7, 11) is 0. The van der Waals surface area contributed by atoms with Gasteiger partial charge in [0.2, 0.25) is 0 Å². The summed E-state index contributed by atoms with van der Waals surface area (Å²) >= 11 is 0. The van der Waals surface area contributed by atoms with Crippen LogP contribution in [0.3, 0.4) is 0 Å². The normalized spacial score (nSPS) is 16.3. The van der Waals surface area contributed by atoms with E-state index in [0.29, 0.717) is 11.3 Å². The third-order valence-corrected chi connectivity index (χ3v) is 5.04. The van der Waals surface area contributed by atoms with Crippen LogP contribution < -0.4 is 10.2 Å². The largest absolute Gasteiger partial charge is 0.370 e. The van der Waals surface area contributed by atoms with Crippen LogP contribution in [-0.4, -0.2) is 19.0 Å². The molecule has 0 saturated carbocycles. The van der Waals surface area contributed by atoms with Crippen LogP contribution >= 0.6 is 0 Å². The molecule has 0 radical (unpaired) electrons. The summed E-state index contributed by atoms with van der Waals surface area (Å²) < 4.78 is 14.4. The third kappa shape index (κ3) is 2.77. The Morgan fingerprint density at radius 2 is 1.79 bits per heavy atom. The Balaban J connectivity index is 1.62. The Labute approximate surface area is 141 Å². The summed E-state index contributed by atoms with van der Waals surface area (Å²) in [6, 6.07) is 10.8. The maximum Gasteiger partial charge on any atom is 0.255 e. The van der Waals surface area contributed by atoms with Gasteiger partial charge in [0.15, 0.2) is 0 Å². The summed E-state index contributed by atoms with van der Waals surface area (Å²) in [5.74, 6) is -0.621. The molecular formula is C20H21FN2O. The first-order valence-electron chi connectivity index (χ1n) is 8.69. The summed E-state index contributed by atoms with van der Waals surface area (Å²) in [5, 5.41) is 2.81. The number of aryl methyl sites for hydroxylation is 2. The van der Waals surface area contributed by atoms with Crippen LogP contribution in [0.15, 0.2) is 36.4 Å². The maximum absolute atomic E-state index is 14.4. The standard InChI is InChI=1S/C20H21FN2O/c21-17-7-4-8-18(23-11-1-2-12-23)19(17)22-20(24)16-10-9-14-5-3-6-15(14)13-16/h4,7-10,13H,1-3,5-6,11-12H2,(H,22,24). The number of nitrogens with one attached hydrogen (secondary N) is 1. The highest BCUT2D eigenvalue weighted by Crippen LogP contribution is 2.32. The number of hydrogen-bond acceptors (Lipinski definition) is 2. The molecule has 4 heteroatoms. The maximum atomic E-state index is 14.4. The predicted octanol–water partition coefficient (Wildman–Crippen LogP) is 4.17. The lowest BCUT2D eigenvalue weighted by Gasteiger charge is -2.22. The van der Waals surface area contributed by atoms with E-state index in [1.807, 2.05) is 24.3 Å².